The molecule has 8 heteroatoms. The first-order chi connectivity index (χ1) is 13.5. The van der Waals surface area contributed by atoms with Gasteiger partial charge in [0.15, 0.2) is 5.78 Å². The standard InChI is InChI=1S/C20H21N5O3/c1-13(26)14-4-5-16-17(12-14)25(19(28)18(27)23(16)2)15-6-10-24(11-7-15)20-21-8-3-9-22-20/h3-5,8-9,12,15H,6-7,10-11H2,1-2H3. The number of aromatic nitrogens is 4. The molecule has 1 aliphatic heterocycles. The van der Waals surface area contributed by atoms with E-state index < -0.39 is 11.1 Å². The number of fused-ring (bicyclic) bond motifs is 1. The van der Waals surface area contributed by atoms with Crippen LogP contribution < -0.4 is 16.0 Å². The summed E-state index contributed by atoms with van der Waals surface area (Å²) in [5.41, 5.74) is 0.675. The second-order valence-corrected chi connectivity index (χ2v) is 7.07. The maximum Gasteiger partial charge on any atom is 0.317 e. The summed E-state index contributed by atoms with van der Waals surface area (Å²) in [6.45, 7) is 2.86. The average Bonchev–Trinajstić information content (AvgIpc) is 2.73. The van der Waals surface area contributed by atoms with Gasteiger partial charge in [0.05, 0.1) is 11.0 Å². The number of nitrogens with zero attached hydrogens (tertiary/aromatic N) is 5. The molecule has 0 saturated carbocycles. The van der Waals surface area contributed by atoms with Crippen LogP contribution in [0.4, 0.5) is 5.95 Å². The summed E-state index contributed by atoms with van der Waals surface area (Å²) in [6.07, 6.45) is 4.78. The Morgan fingerprint density at radius 3 is 2.36 bits per heavy atom. The predicted octanol–water partition coefficient (Wildman–Crippen LogP) is 1.53. The molecule has 3 heterocycles. The summed E-state index contributed by atoms with van der Waals surface area (Å²) in [6, 6.07) is 6.79. The first-order valence-electron chi connectivity index (χ1n) is 9.25. The van der Waals surface area contributed by atoms with Crippen molar-refractivity contribution in [3.63, 3.8) is 0 Å². The van der Waals surface area contributed by atoms with Crippen molar-refractivity contribution >= 4 is 22.8 Å². The summed E-state index contributed by atoms with van der Waals surface area (Å²) < 4.78 is 2.93. The summed E-state index contributed by atoms with van der Waals surface area (Å²) >= 11 is 0. The Balaban J connectivity index is 1.76. The Morgan fingerprint density at radius 1 is 1.04 bits per heavy atom. The Hall–Kier alpha value is -3.29. The molecular weight excluding hydrogens is 358 g/mol. The number of carbonyl (C=O) groups is 1. The summed E-state index contributed by atoms with van der Waals surface area (Å²) in [7, 11) is 1.58. The molecule has 2 aromatic heterocycles. The third-order valence-corrected chi connectivity index (χ3v) is 5.37. The van der Waals surface area contributed by atoms with Gasteiger partial charge in [0.25, 0.3) is 0 Å². The second kappa shape index (κ2) is 7.03. The number of aryl methyl sites for hydroxylation is 1. The van der Waals surface area contributed by atoms with E-state index in [1.807, 2.05) is 0 Å². The maximum absolute atomic E-state index is 12.8. The van der Waals surface area contributed by atoms with Crippen LogP contribution in [0.3, 0.4) is 0 Å². The van der Waals surface area contributed by atoms with Crippen LogP contribution in [0.2, 0.25) is 0 Å². The second-order valence-electron chi connectivity index (χ2n) is 7.07. The van der Waals surface area contributed by atoms with Crippen molar-refractivity contribution in [3.8, 4) is 0 Å². The fourth-order valence-corrected chi connectivity index (χ4v) is 3.83. The van der Waals surface area contributed by atoms with Gasteiger partial charge >= 0.3 is 11.1 Å². The molecule has 0 aliphatic carbocycles. The minimum Gasteiger partial charge on any atom is -0.341 e. The van der Waals surface area contributed by atoms with Crippen molar-refractivity contribution in [2.75, 3.05) is 18.0 Å². The minimum atomic E-state index is -0.558. The number of hydrogen-bond donors (Lipinski definition) is 0. The number of rotatable bonds is 3. The zero-order valence-electron chi connectivity index (χ0n) is 15.8. The zero-order chi connectivity index (χ0) is 19.8. The number of Topliss-reactive ketones (excluding diaryl/α,β-unsaturated/α-hetero) is 1. The molecule has 1 aliphatic rings. The molecule has 3 aromatic rings. The third-order valence-electron chi connectivity index (χ3n) is 5.37. The van der Waals surface area contributed by atoms with Gasteiger partial charge in [-0.05, 0) is 44.0 Å². The molecule has 1 fully saturated rings. The van der Waals surface area contributed by atoms with Gasteiger partial charge in [-0.3, -0.25) is 19.0 Å². The summed E-state index contributed by atoms with van der Waals surface area (Å²) in [5, 5.41) is 0. The molecule has 0 spiro atoms. The molecule has 144 valence electrons. The highest BCUT2D eigenvalue weighted by Gasteiger charge is 2.25. The fourth-order valence-electron chi connectivity index (χ4n) is 3.83. The molecule has 0 bridgehead atoms. The van der Waals surface area contributed by atoms with Crippen LogP contribution in [-0.2, 0) is 7.05 Å². The molecule has 1 aromatic carbocycles. The van der Waals surface area contributed by atoms with E-state index in [0.29, 0.717) is 48.5 Å². The quantitative estimate of drug-likeness (QED) is 0.506. The molecule has 0 unspecified atom stereocenters. The lowest BCUT2D eigenvalue weighted by molar-refractivity contribution is 0.101. The van der Waals surface area contributed by atoms with Crippen molar-refractivity contribution in [1.82, 2.24) is 19.1 Å². The van der Waals surface area contributed by atoms with Crippen LogP contribution >= 0.6 is 0 Å². The first-order valence-corrected chi connectivity index (χ1v) is 9.25. The van der Waals surface area contributed by atoms with Crippen LogP contribution in [-0.4, -0.2) is 38.0 Å². The number of ketones is 1. The predicted molar refractivity (Wildman–Crippen MR) is 106 cm³/mol. The van der Waals surface area contributed by atoms with Gasteiger partial charge < -0.3 is 9.47 Å². The van der Waals surface area contributed by atoms with Gasteiger partial charge in [-0.2, -0.15) is 0 Å². The highest BCUT2D eigenvalue weighted by molar-refractivity contribution is 5.97. The largest absolute Gasteiger partial charge is 0.341 e. The molecule has 28 heavy (non-hydrogen) atoms. The van der Waals surface area contributed by atoms with Gasteiger partial charge in [-0.1, -0.05) is 0 Å². The van der Waals surface area contributed by atoms with Gasteiger partial charge in [-0.15, -0.1) is 0 Å². The normalized spacial score (nSPS) is 15.1. The number of hydrogen-bond acceptors (Lipinski definition) is 6. The van der Waals surface area contributed by atoms with E-state index in [-0.39, 0.29) is 11.8 Å². The number of benzene rings is 1. The van der Waals surface area contributed by atoms with Crippen molar-refractivity contribution in [2.24, 2.45) is 7.05 Å². The SMILES string of the molecule is CC(=O)c1ccc2c(c1)n(C1CCN(c3ncccn3)CC1)c(=O)c(=O)n2C. The van der Waals surface area contributed by atoms with Crippen molar-refractivity contribution in [2.45, 2.75) is 25.8 Å². The van der Waals surface area contributed by atoms with E-state index in [4.69, 9.17) is 0 Å². The van der Waals surface area contributed by atoms with Gasteiger partial charge in [-0.25, -0.2) is 9.97 Å². The van der Waals surface area contributed by atoms with Crippen LogP contribution in [0, 0.1) is 0 Å². The van der Waals surface area contributed by atoms with E-state index >= 15 is 0 Å². The van der Waals surface area contributed by atoms with E-state index in [1.54, 1.807) is 48.3 Å². The van der Waals surface area contributed by atoms with Crippen molar-refractivity contribution in [3.05, 3.63) is 62.9 Å². The average molecular weight is 379 g/mol. The molecular formula is C20H21N5O3. The molecule has 4 rings (SSSR count). The Morgan fingerprint density at radius 2 is 1.71 bits per heavy atom. The highest BCUT2D eigenvalue weighted by atomic mass is 16.2. The summed E-state index contributed by atoms with van der Waals surface area (Å²) in [5.74, 6) is 0.590. The van der Waals surface area contributed by atoms with Crippen molar-refractivity contribution < 1.29 is 4.79 Å². The van der Waals surface area contributed by atoms with Gasteiger partial charge in [0, 0.05) is 44.1 Å². The lowest BCUT2D eigenvalue weighted by Gasteiger charge is -2.33. The smallest absolute Gasteiger partial charge is 0.317 e. The molecule has 0 atom stereocenters. The molecule has 8 nitrogen and oxygen atoms in total. The van der Waals surface area contributed by atoms with Gasteiger partial charge in [0.1, 0.15) is 0 Å². The number of anilines is 1. The lowest BCUT2D eigenvalue weighted by atomic mass is 10.0. The van der Waals surface area contributed by atoms with E-state index in [0.717, 1.165) is 0 Å². The number of carbonyl (C=O) groups excluding carboxylic acids is 1. The van der Waals surface area contributed by atoms with Crippen LogP contribution in [0.25, 0.3) is 11.0 Å². The molecule has 0 amide bonds. The lowest BCUT2D eigenvalue weighted by Crippen LogP contribution is -2.45. The monoisotopic (exact) mass is 379 g/mol. The molecule has 0 N–H and O–H groups in total. The molecule has 0 radical (unpaired) electrons. The van der Waals surface area contributed by atoms with E-state index in [9.17, 15) is 14.4 Å². The highest BCUT2D eigenvalue weighted by Crippen LogP contribution is 2.26. The van der Waals surface area contributed by atoms with Crippen molar-refractivity contribution in [1.29, 1.82) is 0 Å². The van der Waals surface area contributed by atoms with Gasteiger partial charge in [0.2, 0.25) is 5.95 Å². The third kappa shape index (κ3) is 3.00. The van der Waals surface area contributed by atoms with Crippen LogP contribution in [0.5, 0.6) is 0 Å². The Bertz CT molecular complexity index is 1160. The van der Waals surface area contributed by atoms with E-state index in [2.05, 4.69) is 14.9 Å². The fraction of sp³-hybridized carbons (Fsp3) is 0.350. The van der Waals surface area contributed by atoms with E-state index in [1.165, 1.54) is 11.5 Å². The van der Waals surface area contributed by atoms with Crippen LogP contribution in [0.15, 0.2) is 46.2 Å². The first kappa shape index (κ1) is 18.1. The summed E-state index contributed by atoms with van der Waals surface area (Å²) in [4.78, 5) is 47.8. The number of piperidine rings is 1. The zero-order valence-corrected chi connectivity index (χ0v) is 15.8. The topological polar surface area (TPSA) is 90.1 Å². The molecule has 1 saturated heterocycles. The van der Waals surface area contributed by atoms with Crippen LogP contribution in [0.1, 0.15) is 36.2 Å². The maximum atomic E-state index is 12.8. The Labute approximate surface area is 161 Å². The minimum absolute atomic E-state index is 0.0780. The Kier molecular flexibility index (Phi) is 4.54.